The third-order valence-electron chi connectivity index (χ3n) is 8.06. The number of hydrogen-bond acceptors (Lipinski definition) is 9. The van der Waals surface area contributed by atoms with Gasteiger partial charge in [0.15, 0.2) is 0 Å². The van der Waals surface area contributed by atoms with E-state index in [1.165, 1.54) is 59.2 Å². The minimum atomic E-state index is -0.388. The van der Waals surface area contributed by atoms with Crippen molar-refractivity contribution in [3.63, 3.8) is 0 Å². The Balaban J connectivity index is 1.41. The van der Waals surface area contributed by atoms with Crippen molar-refractivity contribution in [3.8, 4) is 17.2 Å². The van der Waals surface area contributed by atoms with E-state index in [9.17, 15) is 4.79 Å². The van der Waals surface area contributed by atoms with Crippen LogP contribution < -0.4 is 14.2 Å². The SMILES string of the molecule is CCCCCCCCCCOc1cc(OC)cc(OCCCCCCO/N=C(/c2ccc(COOC)cc2)c2ccc(C(=O)OC)cc2)c1. The molecule has 3 aromatic carbocycles. The van der Waals surface area contributed by atoms with Crippen LogP contribution in [-0.2, 0) is 26.0 Å². The molecule has 268 valence electrons. The van der Waals surface area contributed by atoms with Crippen LogP contribution in [-0.4, -0.2) is 52.8 Å². The average Bonchev–Trinajstić information content (AvgIpc) is 3.14. The normalized spacial score (nSPS) is 11.3. The Morgan fingerprint density at radius 1 is 0.592 bits per heavy atom. The van der Waals surface area contributed by atoms with Crippen LogP contribution >= 0.6 is 0 Å². The number of oxime groups is 1. The third kappa shape index (κ3) is 15.3. The number of carbonyl (C=O) groups is 1. The molecule has 3 aromatic rings. The van der Waals surface area contributed by atoms with Crippen LogP contribution in [0.25, 0.3) is 0 Å². The van der Waals surface area contributed by atoms with Gasteiger partial charge in [-0.1, -0.05) is 93.4 Å². The molecule has 0 amide bonds. The zero-order valence-electron chi connectivity index (χ0n) is 29.9. The first-order valence-electron chi connectivity index (χ1n) is 17.7. The Kier molecular flexibility index (Phi) is 19.4. The topological polar surface area (TPSA) is 94.0 Å². The van der Waals surface area contributed by atoms with Crippen molar-refractivity contribution in [3.05, 3.63) is 89.0 Å². The van der Waals surface area contributed by atoms with E-state index < -0.39 is 0 Å². The largest absolute Gasteiger partial charge is 0.496 e. The maximum atomic E-state index is 11.9. The van der Waals surface area contributed by atoms with Crippen LogP contribution in [0.5, 0.6) is 17.2 Å². The fourth-order valence-corrected chi connectivity index (χ4v) is 5.22. The molecule has 0 aromatic heterocycles. The predicted molar refractivity (Wildman–Crippen MR) is 193 cm³/mol. The molecular formula is C40H55NO8. The summed E-state index contributed by atoms with van der Waals surface area (Å²) in [6.45, 7) is 4.39. The highest BCUT2D eigenvalue weighted by Gasteiger charge is 2.12. The number of ether oxygens (including phenoxy) is 4. The number of benzene rings is 3. The Morgan fingerprint density at radius 3 is 1.61 bits per heavy atom. The third-order valence-corrected chi connectivity index (χ3v) is 8.06. The molecule has 9 nitrogen and oxygen atoms in total. The molecule has 0 unspecified atom stereocenters. The van der Waals surface area contributed by atoms with Crippen molar-refractivity contribution < 1.29 is 38.4 Å². The minimum Gasteiger partial charge on any atom is -0.496 e. The summed E-state index contributed by atoms with van der Waals surface area (Å²) in [4.78, 5) is 27.4. The highest BCUT2D eigenvalue weighted by Crippen LogP contribution is 2.28. The predicted octanol–water partition coefficient (Wildman–Crippen LogP) is 9.49. The number of unbranched alkanes of at least 4 members (excludes halogenated alkanes) is 10. The number of esters is 1. The molecule has 0 aliphatic carbocycles. The molecule has 0 aliphatic heterocycles. The molecule has 0 spiro atoms. The number of nitrogens with zero attached hydrogens (tertiary/aromatic N) is 1. The van der Waals surface area contributed by atoms with Gasteiger partial charge < -0.3 is 23.8 Å². The number of methoxy groups -OCH3 is 2. The highest BCUT2D eigenvalue weighted by molar-refractivity contribution is 6.12. The Morgan fingerprint density at radius 2 is 1.08 bits per heavy atom. The molecule has 0 aliphatic rings. The summed E-state index contributed by atoms with van der Waals surface area (Å²) in [7, 11) is 4.51. The van der Waals surface area contributed by atoms with Gasteiger partial charge in [-0.3, -0.25) is 0 Å². The van der Waals surface area contributed by atoms with Crippen molar-refractivity contribution >= 4 is 11.7 Å². The fourth-order valence-electron chi connectivity index (χ4n) is 5.22. The second kappa shape index (κ2) is 24.1. The molecule has 0 heterocycles. The Hall–Kier alpha value is -4.08. The Labute approximate surface area is 292 Å². The highest BCUT2D eigenvalue weighted by atomic mass is 17.2. The minimum absolute atomic E-state index is 0.340. The van der Waals surface area contributed by atoms with Crippen LogP contribution in [0.15, 0.2) is 71.9 Å². The van der Waals surface area contributed by atoms with Gasteiger partial charge in [0.05, 0.1) is 40.1 Å². The molecule has 0 saturated carbocycles. The lowest BCUT2D eigenvalue weighted by atomic mass is 10.00. The maximum absolute atomic E-state index is 11.9. The van der Waals surface area contributed by atoms with Crippen molar-refractivity contribution in [2.45, 2.75) is 90.6 Å². The molecule has 0 atom stereocenters. The van der Waals surface area contributed by atoms with Crippen LogP contribution in [0.2, 0.25) is 0 Å². The van der Waals surface area contributed by atoms with Crippen LogP contribution in [0.3, 0.4) is 0 Å². The second-order valence-electron chi connectivity index (χ2n) is 11.9. The van der Waals surface area contributed by atoms with Crippen molar-refractivity contribution in [1.29, 1.82) is 0 Å². The van der Waals surface area contributed by atoms with Crippen molar-refractivity contribution in [1.82, 2.24) is 0 Å². The molecule has 0 N–H and O–H groups in total. The molecule has 3 rings (SSSR count). The second-order valence-corrected chi connectivity index (χ2v) is 11.9. The summed E-state index contributed by atoms with van der Waals surface area (Å²) >= 11 is 0. The standard InChI is InChI=1S/C40H55NO8/c1-5-6-7-8-9-10-11-14-25-46-37-28-36(43-2)29-38(30-37)47-26-15-12-13-16-27-48-41-39(33-19-17-32(18-20-33)31-49-45-4)34-21-23-35(24-22-34)40(42)44-3/h17-24,28-30H,5-16,25-27,31H2,1-4H3/b41-39-. The van der Waals surface area contributed by atoms with Crippen LogP contribution in [0, 0.1) is 0 Å². The smallest absolute Gasteiger partial charge is 0.337 e. The van der Waals surface area contributed by atoms with E-state index in [2.05, 4.69) is 12.1 Å². The summed E-state index contributed by atoms with van der Waals surface area (Å²) in [5.41, 5.74) is 3.80. The molecule has 0 radical (unpaired) electrons. The first-order chi connectivity index (χ1) is 24.1. The van der Waals surface area contributed by atoms with E-state index in [0.717, 1.165) is 66.0 Å². The van der Waals surface area contributed by atoms with Gasteiger partial charge in [0.25, 0.3) is 0 Å². The van der Waals surface area contributed by atoms with E-state index in [-0.39, 0.29) is 5.97 Å². The summed E-state index contributed by atoms with van der Waals surface area (Å²) in [5, 5.41) is 4.49. The van der Waals surface area contributed by atoms with Gasteiger partial charge in [-0.15, -0.1) is 0 Å². The first-order valence-corrected chi connectivity index (χ1v) is 17.7. The molecule has 0 bridgehead atoms. The molecule has 0 saturated heterocycles. The van der Waals surface area contributed by atoms with E-state index in [4.69, 9.17) is 33.6 Å². The average molecular weight is 678 g/mol. The zero-order chi connectivity index (χ0) is 34.9. The summed E-state index contributed by atoms with van der Waals surface area (Å²) in [6, 6.07) is 20.7. The van der Waals surface area contributed by atoms with Gasteiger partial charge in [-0.25, -0.2) is 14.6 Å². The van der Waals surface area contributed by atoms with E-state index >= 15 is 0 Å². The van der Waals surface area contributed by atoms with Crippen molar-refractivity contribution in [2.75, 3.05) is 41.2 Å². The molecule has 9 heteroatoms. The lowest BCUT2D eigenvalue weighted by Crippen LogP contribution is -2.07. The lowest BCUT2D eigenvalue weighted by Gasteiger charge is -2.12. The monoisotopic (exact) mass is 677 g/mol. The summed E-state index contributed by atoms with van der Waals surface area (Å²) in [6.07, 6.45) is 14.0. The lowest BCUT2D eigenvalue weighted by molar-refractivity contribution is -0.282. The number of hydrogen-bond donors (Lipinski definition) is 0. The van der Waals surface area contributed by atoms with Crippen LogP contribution in [0.4, 0.5) is 0 Å². The van der Waals surface area contributed by atoms with E-state index in [1.54, 1.807) is 19.2 Å². The van der Waals surface area contributed by atoms with Crippen molar-refractivity contribution in [2.24, 2.45) is 5.16 Å². The molecule has 49 heavy (non-hydrogen) atoms. The zero-order valence-corrected chi connectivity index (χ0v) is 29.9. The van der Waals surface area contributed by atoms with Gasteiger partial charge >= 0.3 is 5.97 Å². The molecular weight excluding hydrogens is 622 g/mol. The molecule has 0 fully saturated rings. The van der Waals surface area contributed by atoms with Gasteiger partial charge in [0.1, 0.15) is 36.2 Å². The first kappa shape index (κ1) is 39.4. The van der Waals surface area contributed by atoms with Crippen LogP contribution in [0.1, 0.15) is 111 Å². The van der Waals surface area contributed by atoms with Gasteiger partial charge in [-0.05, 0) is 49.8 Å². The summed E-state index contributed by atoms with van der Waals surface area (Å²) in [5.74, 6) is 1.89. The fraction of sp³-hybridized carbons (Fsp3) is 0.500. The number of rotatable bonds is 26. The Bertz CT molecular complexity index is 1360. The van der Waals surface area contributed by atoms with E-state index in [0.29, 0.717) is 37.7 Å². The van der Waals surface area contributed by atoms with E-state index in [1.807, 2.05) is 54.6 Å². The number of carbonyl (C=O) groups excluding carboxylic acids is 1. The van der Waals surface area contributed by atoms with Gasteiger partial charge in [-0.2, -0.15) is 0 Å². The van der Waals surface area contributed by atoms with Gasteiger partial charge in [0, 0.05) is 29.3 Å². The maximum Gasteiger partial charge on any atom is 0.337 e. The quantitative estimate of drug-likeness (QED) is 0.0273. The summed E-state index contributed by atoms with van der Waals surface area (Å²) < 4.78 is 22.4. The van der Waals surface area contributed by atoms with Gasteiger partial charge in [0.2, 0.25) is 0 Å².